The first-order valence-electron chi connectivity index (χ1n) is 5.15. The van der Waals surface area contributed by atoms with E-state index in [9.17, 15) is 20.1 Å². The molecule has 6 nitrogen and oxygen atoms in total. The summed E-state index contributed by atoms with van der Waals surface area (Å²) in [5.41, 5.74) is 0.397. The first-order valence-corrected chi connectivity index (χ1v) is 5.15. The van der Waals surface area contributed by atoms with E-state index in [1.54, 1.807) is 18.2 Å². The normalized spacial score (nSPS) is 10.2. The summed E-state index contributed by atoms with van der Waals surface area (Å²) in [4.78, 5) is 16.3. The van der Waals surface area contributed by atoms with Crippen molar-refractivity contribution in [1.29, 1.82) is 0 Å². The number of aromatic nitrogens is 1. The number of carbonyl (C=O) groups is 1. The van der Waals surface area contributed by atoms with E-state index in [0.717, 1.165) is 0 Å². The molecule has 0 saturated heterocycles. The van der Waals surface area contributed by atoms with Crippen LogP contribution >= 0.6 is 0 Å². The van der Waals surface area contributed by atoms with Gasteiger partial charge in [-0.05, 0) is 6.07 Å². The molecule has 1 aromatic heterocycles. The number of rotatable bonds is 3. The van der Waals surface area contributed by atoms with Gasteiger partial charge in [0.15, 0.2) is 0 Å². The van der Waals surface area contributed by atoms with Crippen LogP contribution in [-0.2, 0) is 11.2 Å². The van der Waals surface area contributed by atoms with E-state index in [2.05, 4.69) is 0 Å². The van der Waals surface area contributed by atoms with Crippen molar-refractivity contribution in [2.75, 3.05) is 0 Å². The second-order valence-corrected chi connectivity index (χ2v) is 3.61. The standard InChI is InChI=1S/C12H11NO5/c14-9-4-2-1-3-8(9)7-12(17)18-13-10(15)5-6-11(13)16/h1-6,14-16H,7H2. The highest BCUT2D eigenvalue weighted by atomic mass is 16.7. The van der Waals surface area contributed by atoms with Crippen LogP contribution in [0.3, 0.4) is 0 Å². The smallest absolute Gasteiger partial charge is 0.337 e. The van der Waals surface area contributed by atoms with E-state index in [0.29, 0.717) is 10.3 Å². The predicted octanol–water partition coefficient (Wildman–Crippen LogP) is 0.803. The van der Waals surface area contributed by atoms with Crippen LogP contribution in [0.25, 0.3) is 0 Å². The Hall–Kier alpha value is -2.63. The number of benzene rings is 1. The van der Waals surface area contributed by atoms with Crippen molar-refractivity contribution < 1.29 is 25.0 Å². The molecule has 1 aromatic carbocycles. The number of para-hydroxylation sites is 1. The van der Waals surface area contributed by atoms with E-state index in [1.807, 2.05) is 0 Å². The Morgan fingerprint density at radius 1 is 1.06 bits per heavy atom. The van der Waals surface area contributed by atoms with Gasteiger partial charge in [-0.25, -0.2) is 4.79 Å². The van der Waals surface area contributed by atoms with E-state index >= 15 is 0 Å². The lowest BCUT2D eigenvalue weighted by atomic mass is 10.1. The Balaban J connectivity index is 2.08. The largest absolute Gasteiger partial charge is 0.508 e. The Kier molecular flexibility index (Phi) is 3.09. The molecular weight excluding hydrogens is 238 g/mol. The molecule has 0 radical (unpaired) electrons. The van der Waals surface area contributed by atoms with Crippen LogP contribution < -0.4 is 4.84 Å². The fourth-order valence-corrected chi connectivity index (χ4v) is 1.45. The summed E-state index contributed by atoms with van der Waals surface area (Å²) < 4.78 is 0.600. The van der Waals surface area contributed by atoms with E-state index in [4.69, 9.17) is 4.84 Å². The minimum absolute atomic E-state index is 0.0181. The molecule has 1 heterocycles. The third-order valence-corrected chi connectivity index (χ3v) is 2.32. The van der Waals surface area contributed by atoms with Gasteiger partial charge in [0.2, 0.25) is 11.8 Å². The highest BCUT2D eigenvalue weighted by Gasteiger charge is 2.14. The maximum Gasteiger partial charge on any atom is 0.337 e. The number of hydrogen-bond acceptors (Lipinski definition) is 5. The van der Waals surface area contributed by atoms with E-state index in [1.165, 1.54) is 18.2 Å². The van der Waals surface area contributed by atoms with Crippen molar-refractivity contribution in [2.24, 2.45) is 0 Å². The summed E-state index contributed by atoms with van der Waals surface area (Å²) in [5, 5.41) is 28.0. The SMILES string of the molecule is O=C(Cc1ccccc1O)On1c(O)ccc1O. The monoisotopic (exact) mass is 249 g/mol. The minimum Gasteiger partial charge on any atom is -0.508 e. The quantitative estimate of drug-likeness (QED) is 0.748. The molecule has 18 heavy (non-hydrogen) atoms. The van der Waals surface area contributed by atoms with Crippen LogP contribution in [0.2, 0.25) is 0 Å². The molecule has 2 rings (SSSR count). The average molecular weight is 249 g/mol. The molecule has 0 spiro atoms. The molecule has 94 valence electrons. The number of hydrogen-bond donors (Lipinski definition) is 3. The third-order valence-electron chi connectivity index (χ3n) is 2.32. The van der Waals surface area contributed by atoms with Crippen molar-refractivity contribution in [3.63, 3.8) is 0 Å². The lowest BCUT2D eigenvalue weighted by molar-refractivity contribution is -0.144. The molecule has 0 saturated carbocycles. The van der Waals surface area contributed by atoms with Gasteiger partial charge >= 0.3 is 5.97 Å². The van der Waals surface area contributed by atoms with Crippen LogP contribution in [0.1, 0.15) is 5.56 Å². The molecule has 0 fully saturated rings. The highest BCUT2D eigenvalue weighted by molar-refractivity contribution is 5.74. The lowest BCUT2D eigenvalue weighted by Gasteiger charge is -2.07. The maximum atomic E-state index is 11.6. The van der Waals surface area contributed by atoms with Gasteiger partial charge in [0.1, 0.15) is 5.75 Å². The third kappa shape index (κ3) is 2.37. The van der Waals surface area contributed by atoms with Gasteiger partial charge in [0.25, 0.3) is 0 Å². The predicted molar refractivity (Wildman–Crippen MR) is 61.2 cm³/mol. The Morgan fingerprint density at radius 3 is 2.28 bits per heavy atom. The fraction of sp³-hybridized carbons (Fsp3) is 0.0833. The van der Waals surface area contributed by atoms with Crippen LogP contribution in [0.4, 0.5) is 0 Å². The van der Waals surface area contributed by atoms with Crippen LogP contribution in [0, 0.1) is 0 Å². The molecular formula is C12H11NO5. The fourth-order valence-electron chi connectivity index (χ4n) is 1.45. The van der Waals surface area contributed by atoms with Gasteiger partial charge in [0, 0.05) is 17.7 Å². The molecule has 0 aliphatic rings. The molecule has 6 heteroatoms. The van der Waals surface area contributed by atoms with Gasteiger partial charge in [-0.15, -0.1) is 4.73 Å². The van der Waals surface area contributed by atoms with E-state index in [-0.39, 0.29) is 12.2 Å². The minimum atomic E-state index is -0.724. The molecule has 0 bridgehead atoms. The zero-order valence-electron chi connectivity index (χ0n) is 9.28. The van der Waals surface area contributed by atoms with Gasteiger partial charge in [-0.2, -0.15) is 0 Å². The van der Waals surface area contributed by atoms with Gasteiger partial charge in [0.05, 0.1) is 6.42 Å². The van der Waals surface area contributed by atoms with Gasteiger partial charge < -0.3 is 20.2 Å². The van der Waals surface area contributed by atoms with Crippen LogP contribution in [0.15, 0.2) is 36.4 Å². The van der Waals surface area contributed by atoms with Crippen molar-refractivity contribution in [2.45, 2.75) is 6.42 Å². The van der Waals surface area contributed by atoms with Crippen molar-refractivity contribution in [3.8, 4) is 17.5 Å². The first kappa shape index (κ1) is 11.8. The molecule has 3 N–H and O–H groups in total. The summed E-state index contributed by atoms with van der Waals surface area (Å²) in [7, 11) is 0. The number of phenols is 1. The summed E-state index contributed by atoms with van der Waals surface area (Å²) in [6.45, 7) is 0. The number of aromatic hydroxyl groups is 3. The Bertz CT molecular complexity index is 556. The van der Waals surface area contributed by atoms with Crippen LogP contribution in [0.5, 0.6) is 17.5 Å². The van der Waals surface area contributed by atoms with Crippen molar-refractivity contribution in [1.82, 2.24) is 4.73 Å². The van der Waals surface area contributed by atoms with E-state index < -0.39 is 17.7 Å². The maximum absolute atomic E-state index is 11.6. The zero-order chi connectivity index (χ0) is 13.1. The Labute approximate surface area is 102 Å². The molecule has 0 atom stereocenters. The van der Waals surface area contributed by atoms with Gasteiger partial charge in [-0.3, -0.25) is 0 Å². The number of carbonyl (C=O) groups excluding carboxylic acids is 1. The molecule has 0 aliphatic heterocycles. The summed E-state index contributed by atoms with van der Waals surface area (Å²) in [5.74, 6) is -1.52. The van der Waals surface area contributed by atoms with Crippen LogP contribution in [-0.4, -0.2) is 26.0 Å². The molecule has 0 amide bonds. The number of nitrogens with zero attached hydrogens (tertiary/aromatic N) is 1. The second-order valence-electron chi connectivity index (χ2n) is 3.61. The lowest BCUT2D eigenvalue weighted by Crippen LogP contribution is -2.20. The first-order chi connectivity index (χ1) is 8.58. The summed E-state index contributed by atoms with van der Waals surface area (Å²) in [6, 6.07) is 8.70. The molecule has 0 unspecified atom stereocenters. The van der Waals surface area contributed by atoms with Crippen molar-refractivity contribution in [3.05, 3.63) is 42.0 Å². The highest BCUT2D eigenvalue weighted by Crippen LogP contribution is 2.20. The molecule has 2 aromatic rings. The zero-order valence-corrected chi connectivity index (χ0v) is 9.28. The van der Waals surface area contributed by atoms with Crippen molar-refractivity contribution >= 4 is 5.97 Å². The van der Waals surface area contributed by atoms with Gasteiger partial charge in [-0.1, -0.05) is 18.2 Å². The topological polar surface area (TPSA) is 91.9 Å². The number of phenolic OH excluding ortho intramolecular Hbond substituents is 1. The summed E-state index contributed by atoms with van der Waals surface area (Å²) in [6.07, 6.45) is -0.177. The Morgan fingerprint density at radius 2 is 1.67 bits per heavy atom. The molecule has 0 aliphatic carbocycles. The average Bonchev–Trinajstić information content (AvgIpc) is 2.64. The second kappa shape index (κ2) is 4.70. The summed E-state index contributed by atoms with van der Waals surface area (Å²) >= 11 is 0.